The van der Waals surface area contributed by atoms with Gasteiger partial charge in [-0.1, -0.05) is 0 Å². The fraction of sp³-hybridized carbons (Fsp3) is 0.500. The molecule has 1 aliphatic heterocycles. The highest BCUT2D eigenvalue weighted by atomic mass is 16.5. The number of aliphatic hydroxyl groups is 1. The number of nitrogens with zero attached hydrogens (tertiary/aromatic N) is 4. The summed E-state index contributed by atoms with van der Waals surface area (Å²) in [6, 6.07) is 3.45. The third-order valence-electron chi connectivity index (χ3n) is 4.44. The largest absolute Gasteiger partial charge is 0.489 e. The van der Waals surface area contributed by atoms with Gasteiger partial charge in [0, 0.05) is 44.8 Å². The van der Waals surface area contributed by atoms with Gasteiger partial charge in [0.2, 0.25) is 0 Å². The Morgan fingerprint density at radius 2 is 2.16 bits per heavy atom. The highest BCUT2D eigenvalue weighted by molar-refractivity contribution is 5.92. The molecule has 0 unspecified atom stereocenters. The number of hydrogen-bond acceptors (Lipinski definition) is 5. The van der Waals surface area contributed by atoms with Gasteiger partial charge in [0.1, 0.15) is 11.4 Å². The zero-order chi connectivity index (χ0) is 18.0. The van der Waals surface area contributed by atoms with Crippen LogP contribution >= 0.6 is 0 Å². The summed E-state index contributed by atoms with van der Waals surface area (Å²) in [6.45, 7) is 4.99. The van der Waals surface area contributed by atoms with Gasteiger partial charge in [-0.3, -0.25) is 9.48 Å². The van der Waals surface area contributed by atoms with Gasteiger partial charge in [0.05, 0.1) is 18.5 Å². The predicted molar refractivity (Wildman–Crippen MR) is 92.4 cm³/mol. The minimum Gasteiger partial charge on any atom is -0.489 e. The molecule has 25 heavy (non-hydrogen) atoms. The molecular formula is C18H24N4O3. The van der Waals surface area contributed by atoms with Crippen LogP contribution in [-0.2, 0) is 7.05 Å². The van der Waals surface area contributed by atoms with Crippen molar-refractivity contribution in [3.63, 3.8) is 0 Å². The van der Waals surface area contributed by atoms with E-state index in [9.17, 15) is 9.90 Å². The lowest BCUT2D eigenvalue weighted by atomic mass is 9.92. The van der Waals surface area contributed by atoms with Crippen molar-refractivity contribution in [2.75, 3.05) is 19.7 Å². The van der Waals surface area contributed by atoms with E-state index in [1.165, 1.54) is 0 Å². The summed E-state index contributed by atoms with van der Waals surface area (Å²) in [5.74, 6) is 0.623. The minimum absolute atomic E-state index is 0.0108. The quantitative estimate of drug-likeness (QED) is 0.888. The van der Waals surface area contributed by atoms with Gasteiger partial charge in [-0.25, -0.2) is 4.98 Å². The second-order valence-corrected chi connectivity index (χ2v) is 6.75. The fourth-order valence-corrected chi connectivity index (χ4v) is 3.24. The maximum atomic E-state index is 12.7. The molecule has 2 aromatic heterocycles. The van der Waals surface area contributed by atoms with Crippen molar-refractivity contribution >= 4 is 5.91 Å². The molecule has 3 rings (SSSR count). The molecule has 0 radical (unpaired) electrons. The van der Waals surface area contributed by atoms with Crippen molar-refractivity contribution in [3.05, 3.63) is 42.0 Å². The number of pyridine rings is 1. The van der Waals surface area contributed by atoms with Crippen LogP contribution in [0.25, 0.3) is 0 Å². The Hall–Kier alpha value is -2.41. The lowest BCUT2D eigenvalue weighted by Gasteiger charge is -2.16. The molecule has 3 heterocycles. The van der Waals surface area contributed by atoms with Crippen LogP contribution < -0.4 is 4.74 Å². The number of rotatable bonds is 5. The number of aromatic nitrogens is 3. The predicted octanol–water partition coefficient (Wildman–Crippen LogP) is 1.45. The fourth-order valence-electron chi connectivity index (χ4n) is 3.24. The standard InChI is InChI=1S/C18H24N4O3/c1-12(2)25-15-4-5-17(19-7-15)18(24)22-9-14(11-23)16(10-22)13-6-20-21(3)8-13/h4-8,12,14,16,23H,9-11H2,1-3H3/t14-,16-/m0/s1. The number of amides is 1. The Morgan fingerprint density at radius 3 is 2.72 bits per heavy atom. The molecule has 2 atom stereocenters. The van der Waals surface area contributed by atoms with Crippen LogP contribution in [0.2, 0.25) is 0 Å². The molecule has 7 nitrogen and oxygen atoms in total. The highest BCUT2D eigenvalue weighted by Gasteiger charge is 2.37. The van der Waals surface area contributed by atoms with E-state index in [0.717, 1.165) is 5.56 Å². The lowest BCUT2D eigenvalue weighted by Crippen LogP contribution is -2.30. The molecule has 0 spiro atoms. The third kappa shape index (κ3) is 3.82. The van der Waals surface area contributed by atoms with E-state index in [4.69, 9.17) is 4.74 Å². The van der Waals surface area contributed by atoms with Gasteiger partial charge in [0.25, 0.3) is 5.91 Å². The zero-order valence-electron chi connectivity index (χ0n) is 14.8. The Bertz CT molecular complexity index is 726. The summed E-state index contributed by atoms with van der Waals surface area (Å²) >= 11 is 0. The summed E-state index contributed by atoms with van der Waals surface area (Å²) < 4.78 is 7.30. The van der Waals surface area contributed by atoms with Crippen molar-refractivity contribution in [2.45, 2.75) is 25.9 Å². The van der Waals surface area contributed by atoms with Crippen molar-refractivity contribution in [1.29, 1.82) is 0 Å². The van der Waals surface area contributed by atoms with Crippen molar-refractivity contribution in [2.24, 2.45) is 13.0 Å². The molecule has 1 fully saturated rings. The number of ether oxygens (including phenoxy) is 1. The molecule has 1 saturated heterocycles. The normalized spacial score (nSPS) is 20.3. The first-order chi connectivity index (χ1) is 12.0. The monoisotopic (exact) mass is 344 g/mol. The van der Waals surface area contributed by atoms with E-state index in [2.05, 4.69) is 10.1 Å². The van der Waals surface area contributed by atoms with Crippen molar-refractivity contribution < 1.29 is 14.6 Å². The van der Waals surface area contributed by atoms with Gasteiger partial charge >= 0.3 is 0 Å². The van der Waals surface area contributed by atoms with Crippen LogP contribution in [0, 0.1) is 5.92 Å². The van der Waals surface area contributed by atoms with Gasteiger partial charge in [-0.2, -0.15) is 5.10 Å². The second kappa shape index (κ2) is 7.23. The molecule has 0 aromatic carbocycles. The summed E-state index contributed by atoms with van der Waals surface area (Å²) in [5, 5.41) is 13.9. The average Bonchev–Trinajstić information content (AvgIpc) is 3.20. The van der Waals surface area contributed by atoms with Gasteiger partial charge in [-0.05, 0) is 31.5 Å². The SMILES string of the molecule is CC(C)Oc1ccc(C(=O)N2C[C@@H](CO)[C@H](c3cnn(C)c3)C2)nc1. The van der Waals surface area contributed by atoms with Crippen LogP contribution in [0.15, 0.2) is 30.7 Å². The molecule has 2 aromatic rings. The lowest BCUT2D eigenvalue weighted by molar-refractivity contribution is 0.0775. The molecular weight excluding hydrogens is 320 g/mol. The number of hydrogen-bond donors (Lipinski definition) is 1. The molecule has 134 valence electrons. The number of aliphatic hydroxyl groups excluding tert-OH is 1. The first-order valence-electron chi connectivity index (χ1n) is 8.49. The van der Waals surface area contributed by atoms with E-state index in [-0.39, 0.29) is 30.5 Å². The zero-order valence-corrected chi connectivity index (χ0v) is 14.8. The van der Waals surface area contributed by atoms with Crippen LogP contribution in [-0.4, -0.2) is 56.5 Å². The molecule has 7 heteroatoms. The second-order valence-electron chi connectivity index (χ2n) is 6.75. The Kier molecular flexibility index (Phi) is 5.03. The molecule has 0 saturated carbocycles. The average molecular weight is 344 g/mol. The van der Waals surface area contributed by atoms with Crippen LogP contribution in [0.4, 0.5) is 0 Å². The molecule has 1 N–H and O–H groups in total. The summed E-state index contributed by atoms with van der Waals surface area (Å²) in [4.78, 5) is 18.7. The van der Waals surface area contributed by atoms with Gasteiger partial charge in [-0.15, -0.1) is 0 Å². The molecule has 1 aliphatic rings. The summed E-state index contributed by atoms with van der Waals surface area (Å²) in [6.07, 6.45) is 5.38. The number of aryl methyl sites for hydroxylation is 1. The van der Waals surface area contributed by atoms with Crippen LogP contribution in [0.5, 0.6) is 5.75 Å². The smallest absolute Gasteiger partial charge is 0.272 e. The number of likely N-dealkylation sites (tertiary alicyclic amines) is 1. The Labute approximate surface area is 147 Å². The van der Waals surface area contributed by atoms with Crippen molar-refractivity contribution in [1.82, 2.24) is 19.7 Å². The molecule has 0 aliphatic carbocycles. The number of carbonyl (C=O) groups is 1. The maximum absolute atomic E-state index is 12.7. The molecule has 0 bridgehead atoms. The third-order valence-corrected chi connectivity index (χ3v) is 4.44. The Balaban J connectivity index is 1.72. The first-order valence-corrected chi connectivity index (χ1v) is 8.49. The van der Waals surface area contributed by atoms with Crippen molar-refractivity contribution in [3.8, 4) is 5.75 Å². The van der Waals surface area contributed by atoms with Crippen LogP contribution in [0.3, 0.4) is 0 Å². The maximum Gasteiger partial charge on any atom is 0.272 e. The Morgan fingerprint density at radius 1 is 1.36 bits per heavy atom. The minimum atomic E-state index is -0.124. The topological polar surface area (TPSA) is 80.5 Å². The van der Waals surface area contributed by atoms with E-state index in [1.807, 2.05) is 27.1 Å². The summed E-state index contributed by atoms with van der Waals surface area (Å²) in [7, 11) is 1.86. The van der Waals surface area contributed by atoms with Crippen LogP contribution in [0.1, 0.15) is 35.8 Å². The van der Waals surface area contributed by atoms with Gasteiger partial charge < -0.3 is 14.7 Å². The summed E-state index contributed by atoms with van der Waals surface area (Å²) in [5.41, 5.74) is 1.44. The number of carbonyl (C=O) groups excluding carboxylic acids is 1. The van der Waals surface area contributed by atoms with E-state index < -0.39 is 0 Å². The van der Waals surface area contributed by atoms with E-state index >= 15 is 0 Å². The highest BCUT2D eigenvalue weighted by Crippen LogP contribution is 2.32. The van der Waals surface area contributed by atoms with E-state index in [0.29, 0.717) is 24.5 Å². The van der Waals surface area contributed by atoms with E-state index in [1.54, 1.807) is 34.1 Å². The molecule has 1 amide bonds. The first kappa shape index (κ1) is 17.4. The van der Waals surface area contributed by atoms with Gasteiger partial charge in [0.15, 0.2) is 0 Å².